The Morgan fingerprint density at radius 2 is 1.10 bits per heavy atom. The van der Waals surface area contributed by atoms with Crippen molar-refractivity contribution >= 4 is 23.1 Å². The molecular formula is C27H25O4-. The molecule has 0 fully saturated rings. The van der Waals surface area contributed by atoms with Gasteiger partial charge in [-0.2, -0.15) is 0 Å². The number of hydrogen-bond acceptors (Lipinski definition) is 4. The highest BCUT2D eigenvalue weighted by Gasteiger charge is 2.36. The van der Waals surface area contributed by atoms with Crippen molar-refractivity contribution in [1.29, 1.82) is 0 Å². The monoisotopic (exact) mass is 413 g/mol. The van der Waals surface area contributed by atoms with E-state index >= 15 is 0 Å². The van der Waals surface area contributed by atoms with Crippen LogP contribution in [0.25, 0.3) is 5.76 Å². The lowest BCUT2D eigenvalue weighted by molar-refractivity contribution is -0.244. The minimum absolute atomic E-state index is 0.124. The summed E-state index contributed by atoms with van der Waals surface area (Å²) in [5, 5.41) is 13.0. The van der Waals surface area contributed by atoms with E-state index in [4.69, 9.17) is 0 Å². The van der Waals surface area contributed by atoms with Crippen molar-refractivity contribution in [3.63, 3.8) is 0 Å². The number of benzene rings is 2. The summed E-state index contributed by atoms with van der Waals surface area (Å²) in [4.78, 5) is 38.8. The minimum Gasteiger partial charge on any atom is -0.872 e. The van der Waals surface area contributed by atoms with E-state index in [2.05, 4.69) is 0 Å². The highest BCUT2D eigenvalue weighted by molar-refractivity contribution is 6.40. The average molecular weight is 413 g/mol. The summed E-state index contributed by atoms with van der Waals surface area (Å²) in [6.07, 6.45) is 1.20. The van der Waals surface area contributed by atoms with Gasteiger partial charge in [0.05, 0.1) is 5.57 Å². The molecule has 4 rings (SSSR count). The molecule has 2 aromatic rings. The van der Waals surface area contributed by atoms with Gasteiger partial charge in [-0.1, -0.05) is 71.6 Å². The van der Waals surface area contributed by atoms with Gasteiger partial charge in [0, 0.05) is 22.3 Å². The maximum atomic E-state index is 13.0. The minimum atomic E-state index is -0.445. The molecule has 0 amide bonds. The lowest BCUT2D eigenvalue weighted by Gasteiger charge is -2.21. The van der Waals surface area contributed by atoms with E-state index in [-0.39, 0.29) is 22.0 Å². The normalized spacial score (nSPS) is 17.6. The highest BCUT2D eigenvalue weighted by Crippen LogP contribution is 2.37. The Bertz CT molecular complexity index is 1240. The summed E-state index contributed by atoms with van der Waals surface area (Å²) in [7, 11) is 0. The van der Waals surface area contributed by atoms with Crippen LogP contribution in [0.2, 0.25) is 0 Å². The number of carbonyl (C=O) groups is 3. The number of carbonyl (C=O) groups excluding carboxylic acids is 3. The Hall–Kier alpha value is -3.27. The molecule has 0 atom stereocenters. The standard InChI is InChI=1S/C27H26O4/c1-26(2,3)14-7-9-16-18(11-14)24(30)20(22(16)28)13-21-23(29)17-10-8-15(27(4,5)6)12-19(17)25(21)31/h7-13,30H,1-6H3/p-1/b21-13+. The van der Waals surface area contributed by atoms with Crippen LogP contribution in [0.15, 0.2) is 53.6 Å². The highest BCUT2D eigenvalue weighted by atomic mass is 16.3. The molecule has 0 N–H and O–H groups in total. The molecule has 4 heteroatoms. The van der Waals surface area contributed by atoms with E-state index in [0.717, 1.165) is 11.1 Å². The van der Waals surface area contributed by atoms with E-state index in [1.807, 2.05) is 53.7 Å². The van der Waals surface area contributed by atoms with Crippen molar-refractivity contribution in [2.24, 2.45) is 0 Å². The predicted molar refractivity (Wildman–Crippen MR) is 118 cm³/mol. The zero-order chi connectivity index (χ0) is 22.9. The van der Waals surface area contributed by atoms with Gasteiger partial charge in [0.2, 0.25) is 0 Å². The molecule has 31 heavy (non-hydrogen) atoms. The van der Waals surface area contributed by atoms with Crippen LogP contribution < -0.4 is 5.11 Å². The Labute approximate surface area is 182 Å². The van der Waals surface area contributed by atoms with E-state index in [0.29, 0.717) is 22.3 Å². The lowest BCUT2D eigenvalue weighted by atomic mass is 9.85. The van der Waals surface area contributed by atoms with Gasteiger partial charge >= 0.3 is 0 Å². The molecule has 0 saturated carbocycles. The van der Waals surface area contributed by atoms with Crippen molar-refractivity contribution in [3.8, 4) is 0 Å². The van der Waals surface area contributed by atoms with Crippen LogP contribution in [0, 0.1) is 0 Å². The van der Waals surface area contributed by atoms with Gasteiger partial charge in [0.1, 0.15) is 0 Å². The lowest BCUT2D eigenvalue weighted by Crippen LogP contribution is -2.12. The fraction of sp³-hybridized carbons (Fsp3) is 0.296. The van der Waals surface area contributed by atoms with Gasteiger partial charge in [0.25, 0.3) is 0 Å². The summed E-state index contributed by atoms with van der Waals surface area (Å²) in [6.45, 7) is 12.2. The zero-order valence-electron chi connectivity index (χ0n) is 18.7. The topological polar surface area (TPSA) is 74.3 Å². The Kier molecular flexibility index (Phi) is 4.48. The van der Waals surface area contributed by atoms with Crippen LogP contribution in [0.1, 0.15) is 89.3 Å². The van der Waals surface area contributed by atoms with Crippen LogP contribution in [0.5, 0.6) is 0 Å². The first-order valence-corrected chi connectivity index (χ1v) is 10.4. The summed E-state index contributed by atoms with van der Waals surface area (Å²) in [5.41, 5.74) is 2.57. The number of hydrogen-bond donors (Lipinski definition) is 0. The average Bonchev–Trinajstić information content (AvgIpc) is 3.07. The molecule has 2 aliphatic carbocycles. The first-order chi connectivity index (χ1) is 14.3. The number of Topliss-reactive ketones (excluding diaryl/α,β-unsaturated/α-hetero) is 3. The summed E-state index contributed by atoms with van der Waals surface area (Å²) >= 11 is 0. The number of ketones is 3. The summed E-state index contributed by atoms with van der Waals surface area (Å²) in [6, 6.07) is 10.5. The maximum Gasteiger partial charge on any atom is 0.197 e. The third kappa shape index (κ3) is 3.27. The van der Waals surface area contributed by atoms with Gasteiger partial charge in [0.15, 0.2) is 17.3 Å². The number of allylic oxidation sites excluding steroid dienone is 3. The first-order valence-electron chi connectivity index (χ1n) is 10.4. The molecular weight excluding hydrogens is 388 g/mol. The number of rotatable bonds is 1. The first kappa shape index (κ1) is 21.0. The fourth-order valence-corrected chi connectivity index (χ4v) is 3.99. The third-order valence-corrected chi connectivity index (χ3v) is 6.02. The van der Waals surface area contributed by atoms with Gasteiger partial charge in [-0.3, -0.25) is 14.4 Å². The zero-order valence-corrected chi connectivity index (χ0v) is 18.7. The molecule has 158 valence electrons. The number of fused-ring (bicyclic) bond motifs is 2. The van der Waals surface area contributed by atoms with Gasteiger partial charge in [-0.05, 0) is 45.7 Å². The summed E-state index contributed by atoms with van der Waals surface area (Å²) in [5.74, 6) is -1.77. The molecule has 0 saturated heterocycles. The van der Waals surface area contributed by atoms with Crippen LogP contribution in [-0.2, 0) is 10.8 Å². The Morgan fingerprint density at radius 1 is 0.645 bits per heavy atom. The van der Waals surface area contributed by atoms with Crippen LogP contribution in [0.4, 0.5) is 0 Å². The van der Waals surface area contributed by atoms with Gasteiger partial charge < -0.3 is 5.11 Å². The molecule has 0 heterocycles. The Balaban J connectivity index is 1.79. The fourth-order valence-electron chi connectivity index (χ4n) is 3.99. The molecule has 0 aliphatic heterocycles. The molecule has 0 bridgehead atoms. The van der Waals surface area contributed by atoms with E-state index < -0.39 is 23.1 Å². The Morgan fingerprint density at radius 3 is 1.61 bits per heavy atom. The molecule has 0 aromatic heterocycles. The molecule has 0 spiro atoms. The third-order valence-electron chi connectivity index (χ3n) is 6.02. The van der Waals surface area contributed by atoms with Crippen LogP contribution >= 0.6 is 0 Å². The molecule has 0 radical (unpaired) electrons. The largest absolute Gasteiger partial charge is 0.872 e. The van der Waals surface area contributed by atoms with Crippen LogP contribution in [0.3, 0.4) is 0 Å². The van der Waals surface area contributed by atoms with Crippen molar-refractivity contribution in [2.45, 2.75) is 52.4 Å². The molecule has 2 aliphatic rings. The van der Waals surface area contributed by atoms with Crippen molar-refractivity contribution in [3.05, 3.63) is 87.0 Å². The van der Waals surface area contributed by atoms with E-state index in [9.17, 15) is 19.5 Å². The smallest absolute Gasteiger partial charge is 0.197 e. The predicted octanol–water partition coefficient (Wildman–Crippen LogP) is 4.55. The molecule has 4 nitrogen and oxygen atoms in total. The second-order valence-corrected chi connectivity index (χ2v) is 10.3. The summed E-state index contributed by atoms with van der Waals surface area (Å²) < 4.78 is 0. The maximum absolute atomic E-state index is 13.0. The van der Waals surface area contributed by atoms with Crippen molar-refractivity contribution in [1.82, 2.24) is 0 Å². The quantitative estimate of drug-likeness (QED) is 0.508. The SMILES string of the molecule is CC(C)(C)c1ccc2c(c1)C(=O)/C(=C/C1=C([O-])c3cc(C(C)(C)C)ccc3C1=O)C2=O. The van der Waals surface area contributed by atoms with Gasteiger partial charge in [-0.25, -0.2) is 0 Å². The molecule has 2 aromatic carbocycles. The van der Waals surface area contributed by atoms with Crippen molar-refractivity contribution in [2.75, 3.05) is 0 Å². The van der Waals surface area contributed by atoms with Gasteiger partial charge in [-0.15, -0.1) is 0 Å². The molecule has 0 unspecified atom stereocenters. The second-order valence-electron chi connectivity index (χ2n) is 10.3. The van der Waals surface area contributed by atoms with Crippen LogP contribution in [-0.4, -0.2) is 17.3 Å². The van der Waals surface area contributed by atoms with Crippen molar-refractivity contribution < 1.29 is 19.5 Å². The van der Waals surface area contributed by atoms with E-state index in [1.54, 1.807) is 24.3 Å². The van der Waals surface area contributed by atoms with E-state index in [1.165, 1.54) is 6.08 Å². The second kappa shape index (κ2) is 6.61.